The Bertz CT molecular complexity index is 646. The fraction of sp³-hybridized carbons (Fsp3) is 0.318. The van der Waals surface area contributed by atoms with E-state index in [1.54, 1.807) is 6.92 Å². The van der Waals surface area contributed by atoms with Crippen LogP contribution >= 0.6 is 0 Å². The van der Waals surface area contributed by atoms with Gasteiger partial charge >= 0.3 is 5.97 Å². The smallest absolute Gasteiger partial charge is 0.333 e. The molecule has 4 heteroatoms. The molecule has 0 heterocycles. The van der Waals surface area contributed by atoms with Gasteiger partial charge in [0.25, 0.3) is 0 Å². The Balaban J connectivity index is 2.13. The van der Waals surface area contributed by atoms with E-state index >= 15 is 0 Å². The Morgan fingerprint density at radius 3 is 2.04 bits per heavy atom. The van der Waals surface area contributed by atoms with Gasteiger partial charge in [-0.25, -0.2) is 4.79 Å². The first kappa shape index (κ1) is 20.1. The number of rotatable bonds is 10. The lowest BCUT2D eigenvalue weighted by molar-refractivity contribution is -0.138. The number of hydrogen-bond donors (Lipinski definition) is 0. The molecule has 0 unspecified atom stereocenters. The van der Waals surface area contributed by atoms with Crippen LogP contribution in [0.15, 0.2) is 72.8 Å². The summed E-state index contributed by atoms with van der Waals surface area (Å²) in [5.74, 6) is -0.321. The fourth-order valence-corrected chi connectivity index (χ4v) is 5.47. The second kappa shape index (κ2) is 10.7. The molecule has 2 aromatic carbocycles. The van der Waals surface area contributed by atoms with Crippen molar-refractivity contribution in [2.24, 2.45) is 0 Å². The summed E-state index contributed by atoms with van der Waals surface area (Å²) < 4.78 is 11.5. The van der Waals surface area contributed by atoms with Crippen molar-refractivity contribution in [1.29, 1.82) is 0 Å². The molecule has 0 N–H and O–H groups in total. The van der Waals surface area contributed by atoms with Crippen molar-refractivity contribution in [3.8, 4) is 0 Å². The summed E-state index contributed by atoms with van der Waals surface area (Å²) in [6, 6.07) is 22.0. The van der Waals surface area contributed by atoms with Gasteiger partial charge in [0.1, 0.15) is 0 Å². The van der Waals surface area contributed by atoms with Crippen LogP contribution in [0.2, 0.25) is 6.04 Å². The zero-order valence-corrected chi connectivity index (χ0v) is 16.6. The maximum atomic E-state index is 11.5. The number of ether oxygens (including phenoxy) is 1. The fourth-order valence-electron chi connectivity index (χ4n) is 2.87. The van der Waals surface area contributed by atoms with Crippen LogP contribution < -0.4 is 0 Å². The van der Waals surface area contributed by atoms with E-state index in [0.717, 1.165) is 12.5 Å². The Morgan fingerprint density at radius 1 is 1.04 bits per heavy atom. The lowest BCUT2D eigenvalue weighted by atomic mass is 10.0. The average molecular weight is 368 g/mol. The minimum absolute atomic E-state index is 0.249. The minimum atomic E-state index is -1.17. The zero-order chi connectivity index (χ0) is 18.8. The molecule has 0 aromatic heterocycles. The van der Waals surface area contributed by atoms with Crippen LogP contribution in [-0.2, 0) is 14.0 Å². The van der Waals surface area contributed by atoms with Gasteiger partial charge in [-0.15, -0.1) is 0 Å². The third-order valence-electron chi connectivity index (χ3n) is 4.07. The van der Waals surface area contributed by atoms with E-state index in [-0.39, 0.29) is 11.5 Å². The highest BCUT2D eigenvalue weighted by molar-refractivity contribution is 6.54. The van der Waals surface area contributed by atoms with Crippen molar-refractivity contribution in [3.05, 3.63) is 83.9 Å². The molecule has 0 fully saturated rings. The molecule has 0 aliphatic rings. The third-order valence-corrected chi connectivity index (χ3v) is 6.88. The van der Waals surface area contributed by atoms with Gasteiger partial charge in [0.05, 0.1) is 6.61 Å². The first-order valence-corrected chi connectivity index (χ1v) is 10.7. The molecule has 1 radical (unpaired) electrons. The number of benzene rings is 2. The molecule has 0 spiro atoms. The van der Waals surface area contributed by atoms with Gasteiger partial charge in [-0.05, 0) is 37.4 Å². The highest BCUT2D eigenvalue weighted by Gasteiger charge is 2.28. The molecule has 0 saturated heterocycles. The molecule has 0 bridgehead atoms. The summed E-state index contributed by atoms with van der Waals surface area (Å²) in [4.78, 5) is 11.5. The van der Waals surface area contributed by atoms with Gasteiger partial charge in [0.15, 0.2) is 0 Å². The highest BCUT2D eigenvalue weighted by atomic mass is 28.3. The van der Waals surface area contributed by atoms with E-state index < -0.39 is 9.04 Å². The average Bonchev–Trinajstić information content (AvgIpc) is 2.67. The predicted molar refractivity (Wildman–Crippen MR) is 107 cm³/mol. The molecule has 0 atom stereocenters. The van der Waals surface area contributed by atoms with E-state index in [9.17, 15) is 4.79 Å². The second-order valence-electron chi connectivity index (χ2n) is 6.17. The van der Waals surface area contributed by atoms with Crippen molar-refractivity contribution in [3.63, 3.8) is 0 Å². The summed E-state index contributed by atoms with van der Waals surface area (Å²) >= 11 is 0. The molecule has 2 rings (SSSR count). The molecule has 0 amide bonds. The number of hydrogen-bond acceptors (Lipinski definition) is 3. The molecule has 0 saturated carbocycles. The van der Waals surface area contributed by atoms with Gasteiger partial charge in [0, 0.05) is 17.7 Å². The van der Waals surface area contributed by atoms with Crippen LogP contribution in [0.3, 0.4) is 0 Å². The Hall–Kier alpha value is -2.17. The lowest BCUT2D eigenvalue weighted by Crippen LogP contribution is -2.29. The van der Waals surface area contributed by atoms with E-state index in [0.29, 0.717) is 18.8 Å². The van der Waals surface area contributed by atoms with Crippen molar-refractivity contribution in [1.82, 2.24) is 0 Å². The summed E-state index contributed by atoms with van der Waals surface area (Å²) in [6.07, 6.45) is 0.795. The van der Waals surface area contributed by atoms with E-state index in [1.807, 2.05) is 19.1 Å². The number of carbonyl (C=O) groups excluding carboxylic acids is 1. The van der Waals surface area contributed by atoms with Crippen molar-refractivity contribution in [2.45, 2.75) is 31.9 Å². The SMILES string of the molecule is C=C(C)C(=O)OCCC[Si](OCC)C(c1ccccc1)c1ccccc1. The van der Waals surface area contributed by atoms with E-state index in [2.05, 4.69) is 55.1 Å². The molecule has 3 nitrogen and oxygen atoms in total. The predicted octanol–water partition coefficient (Wildman–Crippen LogP) is 4.90. The molecule has 0 aliphatic heterocycles. The van der Waals surface area contributed by atoms with Gasteiger partial charge in [0.2, 0.25) is 9.04 Å². The quantitative estimate of drug-likeness (QED) is 0.259. The molecular weight excluding hydrogens is 340 g/mol. The van der Waals surface area contributed by atoms with Crippen LogP contribution in [0.1, 0.15) is 36.9 Å². The number of esters is 1. The topological polar surface area (TPSA) is 35.5 Å². The van der Waals surface area contributed by atoms with Crippen LogP contribution in [0.4, 0.5) is 0 Å². The maximum Gasteiger partial charge on any atom is 0.333 e. The number of carbonyl (C=O) groups is 1. The molecule has 137 valence electrons. The Labute approximate surface area is 158 Å². The molecular formula is C22H27O3Si. The Morgan fingerprint density at radius 2 is 1.58 bits per heavy atom. The zero-order valence-electron chi connectivity index (χ0n) is 15.6. The van der Waals surface area contributed by atoms with E-state index in [4.69, 9.17) is 9.16 Å². The highest BCUT2D eigenvalue weighted by Crippen LogP contribution is 2.30. The second-order valence-corrected chi connectivity index (χ2v) is 8.47. The molecule has 2 aromatic rings. The first-order valence-electron chi connectivity index (χ1n) is 9.04. The minimum Gasteiger partial charge on any atom is -0.462 e. The lowest BCUT2D eigenvalue weighted by Gasteiger charge is -2.26. The van der Waals surface area contributed by atoms with Crippen LogP contribution in [0.25, 0.3) is 0 Å². The standard InChI is InChI=1S/C22H27O3Si/c1-4-25-26(17-11-16-24-22(23)18(2)3)21(19-12-7-5-8-13-19)20-14-9-6-10-15-20/h5-10,12-15,21H,2,4,11,16-17H2,1,3H3. The van der Waals surface area contributed by atoms with Crippen molar-refractivity contribution >= 4 is 15.0 Å². The van der Waals surface area contributed by atoms with Crippen molar-refractivity contribution < 1.29 is 14.0 Å². The van der Waals surface area contributed by atoms with Gasteiger partial charge in [-0.3, -0.25) is 0 Å². The first-order chi connectivity index (χ1) is 12.6. The van der Waals surface area contributed by atoms with Crippen LogP contribution in [0, 0.1) is 0 Å². The Kier molecular flexibility index (Phi) is 8.32. The monoisotopic (exact) mass is 367 g/mol. The normalized spacial score (nSPS) is 10.9. The summed E-state index contributed by atoms with van der Waals surface area (Å²) in [5, 5.41) is 0. The summed E-state index contributed by atoms with van der Waals surface area (Å²) in [7, 11) is -1.17. The van der Waals surface area contributed by atoms with E-state index in [1.165, 1.54) is 11.1 Å². The van der Waals surface area contributed by atoms with Crippen LogP contribution in [0.5, 0.6) is 0 Å². The van der Waals surface area contributed by atoms with Crippen LogP contribution in [-0.4, -0.2) is 28.2 Å². The maximum absolute atomic E-state index is 11.5. The third kappa shape index (κ3) is 5.97. The largest absolute Gasteiger partial charge is 0.462 e. The molecule has 0 aliphatic carbocycles. The van der Waals surface area contributed by atoms with Crippen molar-refractivity contribution in [2.75, 3.05) is 13.2 Å². The summed E-state index contributed by atoms with van der Waals surface area (Å²) in [6.45, 7) is 8.42. The molecule has 26 heavy (non-hydrogen) atoms. The van der Waals surface area contributed by atoms with Gasteiger partial charge < -0.3 is 9.16 Å². The van der Waals surface area contributed by atoms with Gasteiger partial charge in [-0.1, -0.05) is 67.2 Å². The van der Waals surface area contributed by atoms with Gasteiger partial charge in [-0.2, -0.15) is 0 Å². The summed E-state index contributed by atoms with van der Waals surface area (Å²) in [5.41, 5.74) is 3.24.